The largest absolute Gasteiger partial charge is 0.573 e. The van der Waals surface area contributed by atoms with Gasteiger partial charge in [0.25, 0.3) is 5.91 Å². The van der Waals surface area contributed by atoms with Crippen molar-refractivity contribution in [2.75, 3.05) is 6.61 Å². The minimum absolute atomic E-state index is 0.168. The van der Waals surface area contributed by atoms with Gasteiger partial charge in [-0.1, -0.05) is 18.2 Å². The Labute approximate surface area is 204 Å². The van der Waals surface area contributed by atoms with Gasteiger partial charge in [-0.3, -0.25) is 9.78 Å². The van der Waals surface area contributed by atoms with Crippen LogP contribution < -0.4 is 14.8 Å². The second kappa shape index (κ2) is 9.84. The molecule has 186 valence electrons. The van der Waals surface area contributed by atoms with Crippen LogP contribution in [0.2, 0.25) is 0 Å². The number of benzene rings is 1. The molecule has 1 saturated carbocycles. The number of rotatable bonds is 4. The third kappa shape index (κ3) is 5.56. The summed E-state index contributed by atoms with van der Waals surface area (Å²) in [5.74, 6) is 0.857. The van der Waals surface area contributed by atoms with Crippen molar-refractivity contribution in [2.45, 2.75) is 37.6 Å². The number of fused-ring (bicyclic) bond motifs is 2. The van der Waals surface area contributed by atoms with Gasteiger partial charge in [-0.2, -0.15) is 5.10 Å². The molecule has 3 aromatic heterocycles. The van der Waals surface area contributed by atoms with Crippen LogP contribution in [0.3, 0.4) is 0 Å². The van der Waals surface area contributed by atoms with Crippen LogP contribution in [-0.2, 0) is 0 Å². The van der Waals surface area contributed by atoms with Crippen molar-refractivity contribution in [3.63, 3.8) is 0 Å². The quantitative estimate of drug-likeness (QED) is 0.434. The maximum Gasteiger partial charge on any atom is 0.573 e. The molecule has 1 unspecified atom stereocenters. The summed E-state index contributed by atoms with van der Waals surface area (Å²) in [7, 11) is 0. The summed E-state index contributed by atoms with van der Waals surface area (Å²) >= 11 is 0. The number of nitrogens with one attached hydrogen (secondary N) is 1. The third-order valence-corrected chi connectivity index (χ3v) is 5.69. The lowest BCUT2D eigenvalue weighted by atomic mass is 10.1. The van der Waals surface area contributed by atoms with E-state index in [1.165, 1.54) is 37.1 Å². The van der Waals surface area contributed by atoms with Crippen LogP contribution in [0, 0.1) is 0 Å². The lowest BCUT2D eigenvalue weighted by Gasteiger charge is -2.25. The highest BCUT2D eigenvalue weighted by molar-refractivity contribution is 5.93. The van der Waals surface area contributed by atoms with E-state index in [1.54, 1.807) is 29.0 Å². The Bertz CT molecular complexity index is 1360. The van der Waals surface area contributed by atoms with Crippen molar-refractivity contribution in [3.05, 3.63) is 84.1 Å². The molecule has 4 heterocycles. The van der Waals surface area contributed by atoms with E-state index in [0.29, 0.717) is 30.3 Å². The number of pyridine rings is 1. The predicted molar refractivity (Wildman–Crippen MR) is 123 cm³/mol. The molecule has 1 fully saturated rings. The molecule has 1 amide bonds. The summed E-state index contributed by atoms with van der Waals surface area (Å²) in [6.45, 7) is 0.558. The monoisotopic (exact) mass is 497 g/mol. The lowest BCUT2D eigenvalue weighted by molar-refractivity contribution is -0.274. The highest BCUT2D eigenvalue weighted by Crippen LogP contribution is 2.39. The summed E-state index contributed by atoms with van der Waals surface area (Å²) in [4.78, 5) is 21.4. The summed E-state index contributed by atoms with van der Waals surface area (Å²) in [6.07, 6.45) is 1.93. The summed E-state index contributed by atoms with van der Waals surface area (Å²) in [6, 6.07) is 14.3. The first-order valence-electron chi connectivity index (χ1n) is 11.4. The van der Waals surface area contributed by atoms with E-state index < -0.39 is 6.36 Å². The fourth-order valence-corrected chi connectivity index (χ4v) is 3.92. The number of ether oxygens (including phenoxy) is 2. The van der Waals surface area contributed by atoms with Gasteiger partial charge in [0.1, 0.15) is 17.2 Å². The van der Waals surface area contributed by atoms with Crippen LogP contribution in [0.15, 0.2) is 67.0 Å². The second-order valence-corrected chi connectivity index (χ2v) is 8.35. The Morgan fingerprint density at radius 2 is 1.83 bits per heavy atom. The molecule has 0 spiro atoms. The van der Waals surface area contributed by atoms with Gasteiger partial charge in [0.05, 0.1) is 12.6 Å². The number of carbonyl (C=O) groups excluding carboxylic acids is 1. The van der Waals surface area contributed by atoms with Crippen LogP contribution >= 0.6 is 0 Å². The minimum Gasteiger partial charge on any atom is -0.491 e. The van der Waals surface area contributed by atoms with Gasteiger partial charge in [0.15, 0.2) is 11.3 Å². The summed E-state index contributed by atoms with van der Waals surface area (Å²) in [5, 5.41) is 7.52. The molecule has 1 aliphatic carbocycles. The van der Waals surface area contributed by atoms with Crippen molar-refractivity contribution in [1.82, 2.24) is 24.9 Å². The number of hydrogen-bond donors (Lipinski definition) is 1. The average Bonchev–Trinajstić information content (AvgIpc) is 3.61. The van der Waals surface area contributed by atoms with E-state index in [2.05, 4.69) is 25.1 Å². The topological polar surface area (TPSA) is 90.6 Å². The van der Waals surface area contributed by atoms with Crippen LogP contribution in [0.1, 0.15) is 53.1 Å². The number of para-hydroxylation sites is 1. The highest BCUT2D eigenvalue weighted by atomic mass is 19.4. The number of carbonyl (C=O) groups is 1. The Morgan fingerprint density at radius 1 is 1.03 bits per heavy atom. The predicted octanol–water partition coefficient (Wildman–Crippen LogP) is 4.84. The van der Waals surface area contributed by atoms with Gasteiger partial charge in [-0.25, -0.2) is 9.50 Å². The van der Waals surface area contributed by atoms with E-state index >= 15 is 0 Å². The smallest absolute Gasteiger partial charge is 0.491 e. The molecule has 0 saturated heterocycles. The molecular formula is C25H22F3N5O3. The number of amides is 1. The zero-order valence-corrected chi connectivity index (χ0v) is 19.0. The molecule has 0 radical (unpaired) electrons. The normalized spacial score (nSPS) is 16.8. The number of nitrogens with zero attached hydrogens (tertiary/aromatic N) is 4. The SMILES string of the molecule is FC(F)(F)Oc1ccccc1.O=C(NC1CCOc2cccnc21)c1cc2nccc(C3CC3)n2n1. The summed E-state index contributed by atoms with van der Waals surface area (Å²) in [5.41, 5.74) is 2.98. The van der Waals surface area contributed by atoms with Crippen LogP contribution in [-0.4, -0.2) is 38.5 Å². The van der Waals surface area contributed by atoms with Crippen molar-refractivity contribution in [1.29, 1.82) is 0 Å². The zero-order chi connectivity index (χ0) is 25.1. The Balaban J connectivity index is 0.000000205. The summed E-state index contributed by atoms with van der Waals surface area (Å²) < 4.78 is 45.5. The van der Waals surface area contributed by atoms with Gasteiger partial charge in [0, 0.05) is 36.5 Å². The highest BCUT2D eigenvalue weighted by Gasteiger charge is 2.31. The average molecular weight is 497 g/mol. The molecule has 1 N–H and O–H groups in total. The molecule has 4 aromatic rings. The standard InChI is InChI=1S/C18H17N5O2.C7H5F3O/c24-18(21-12-6-9-25-15-2-1-7-20-17(12)15)13-10-16-19-8-5-14(11-3-4-11)23(16)22-13;8-7(9,10)11-6-4-2-1-3-5-6/h1-2,5,7-8,10-12H,3-4,6,9H2,(H,21,24);1-5H. The first-order valence-corrected chi connectivity index (χ1v) is 11.4. The lowest BCUT2D eigenvalue weighted by Crippen LogP contribution is -2.33. The molecule has 8 nitrogen and oxygen atoms in total. The maximum absolute atomic E-state index is 12.7. The van der Waals surface area contributed by atoms with E-state index in [9.17, 15) is 18.0 Å². The van der Waals surface area contributed by atoms with E-state index in [1.807, 2.05) is 18.2 Å². The Morgan fingerprint density at radius 3 is 2.58 bits per heavy atom. The molecule has 11 heteroatoms. The van der Waals surface area contributed by atoms with Gasteiger partial charge in [0.2, 0.25) is 0 Å². The van der Waals surface area contributed by atoms with Crippen LogP contribution in [0.25, 0.3) is 5.65 Å². The first-order chi connectivity index (χ1) is 17.4. The number of hydrogen-bond acceptors (Lipinski definition) is 6. The Hall–Kier alpha value is -4.15. The van der Waals surface area contributed by atoms with Crippen molar-refractivity contribution in [3.8, 4) is 11.5 Å². The minimum atomic E-state index is -4.60. The number of aromatic nitrogens is 4. The van der Waals surface area contributed by atoms with Gasteiger partial charge in [-0.05, 0) is 43.2 Å². The molecule has 1 aliphatic heterocycles. The van der Waals surface area contributed by atoms with Crippen molar-refractivity contribution < 1.29 is 27.4 Å². The molecular weight excluding hydrogens is 475 g/mol. The molecule has 36 heavy (non-hydrogen) atoms. The molecule has 1 aromatic carbocycles. The molecule has 1 atom stereocenters. The van der Waals surface area contributed by atoms with Crippen LogP contribution in [0.4, 0.5) is 13.2 Å². The van der Waals surface area contributed by atoms with E-state index in [0.717, 1.165) is 17.1 Å². The zero-order valence-electron chi connectivity index (χ0n) is 19.0. The van der Waals surface area contributed by atoms with Gasteiger partial charge >= 0.3 is 6.36 Å². The first kappa shape index (κ1) is 23.6. The Kier molecular flexibility index (Phi) is 6.45. The maximum atomic E-state index is 12.7. The van der Waals surface area contributed by atoms with E-state index in [4.69, 9.17) is 4.74 Å². The molecule has 6 rings (SSSR count). The van der Waals surface area contributed by atoms with Gasteiger partial charge < -0.3 is 14.8 Å². The number of halogens is 3. The second-order valence-electron chi connectivity index (χ2n) is 8.35. The van der Waals surface area contributed by atoms with Crippen LogP contribution in [0.5, 0.6) is 11.5 Å². The van der Waals surface area contributed by atoms with Gasteiger partial charge in [-0.15, -0.1) is 13.2 Å². The molecule has 0 bridgehead atoms. The van der Waals surface area contributed by atoms with E-state index in [-0.39, 0.29) is 17.7 Å². The van der Waals surface area contributed by atoms with Crippen molar-refractivity contribution >= 4 is 11.6 Å². The number of alkyl halides is 3. The fraction of sp³-hybridized carbons (Fsp3) is 0.280. The fourth-order valence-electron chi connectivity index (χ4n) is 3.92. The van der Waals surface area contributed by atoms with Crippen molar-refractivity contribution in [2.24, 2.45) is 0 Å². The third-order valence-electron chi connectivity index (χ3n) is 5.69. The molecule has 2 aliphatic rings.